The summed E-state index contributed by atoms with van der Waals surface area (Å²) in [6, 6.07) is 7.68. The van der Waals surface area contributed by atoms with Crippen molar-refractivity contribution < 1.29 is 4.79 Å². The monoisotopic (exact) mass is 246 g/mol. The Bertz CT molecular complexity index is 403. The van der Waals surface area contributed by atoms with Crippen LogP contribution >= 0.6 is 0 Å². The number of hydrogen-bond donors (Lipinski definition) is 2. The number of hydrogen-bond acceptors (Lipinski definition) is 2. The van der Waals surface area contributed by atoms with Gasteiger partial charge in [-0.3, -0.25) is 4.79 Å². The van der Waals surface area contributed by atoms with Crippen molar-refractivity contribution >= 4 is 11.6 Å². The second-order valence-electron chi connectivity index (χ2n) is 4.92. The average molecular weight is 246 g/mol. The van der Waals surface area contributed by atoms with E-state index in [1.807, 2.05) is 24.3 Å². The molecule has 1 aromatic carbocycles. The number of unbranched alkanes of at least 4 members (excludes halogenated alkanes) is 4. The van der Waals surface area contributed by atoms with Crippen LogP contribution in [-0.4, -0.2) is 12.1 Å². The van der Waals surface area contributed by atoms with Gasteiger partial charge in [0.25, 0.3) is 5.91 Å². The molecule has 3 nitrogen and oxygen atoms in total. The van der Waals surface area contributed by atoms with E-state index in [1.165, 1.54) is 32.1 Å². The summed E-state index contributed by atoms with van der Waals surface area (Å²) in [5.74, 6) is 0.0444. The molecule has 1 heterocycles. The first-order chi connectivity index (χ1) is 8.81. The summed E-state index contributed by atoms with van der Waals surface area (Å²) in [5.41, 5.74) is 1.71. The molecule has 0 saturated carbocycles. The normalized spacial score (nSPS) is 17.8. The summed E-state index contributed by atoms with van der Waals surface area (Å²) in [6.45, 7) is 2.22. The highest BCUT2D eigenvalue weighted by Crippen LogP contribution is 2.21. The van der Waals surface area contributed by atoms with Gasteiger partial charge in [-0.25, -0.2) is 0 Å². The van der Waals surface area contributed by atoms with Crippen LogP contribution < -0.4 is 10.6 Å². The zero-order chi connectivity index (χ0) is 12.8. The highest BCUT2D eigenvalue weighted by atomic mass is 16.2. The molecule has 1 atom stereocenters. The van der Waals surface area contributed by atoms with E-state index in [1.54, 1.807) is 0 Å². The maximum atomic E-state index is 11.9. The fraction of sp³-hybridized carbons (Fsp3) is 0.533. The molecule has 0 fully saturated rings. The van der Waals surface area contributed by atoms with Gasteiger partial charge in [0, 0.05) is 5.69 Å². The molecule has 0 saturated heterocycles. The summed E-state index contributed by atoms with van der Waals surface area (Å²) in [7, 11) is 0. The SMILES string of the molecule is CCCCCCCC1NC(=O)c2ccccc2N1. The molecular weight excluding hydrogens is 224 g/mol. The zero-order valence-electron chi connectivity index (χ0n) is 11.0. The molecule has 0 bridgehead atoms. The Morgan fingerprint density at radius 1 is 1.06 bits per heavy atom. The van der Waals surface area contributed by atoms with E-state index in [0.29, 0.717) is 0 Å². The molecule has 0 aromatic heterocycles. The molecule has 98 valence electrons. The summed E-state index contributed by atoms with van der Waals surface area (Å²) in [6.07, 6.45) is 7.40. The number of nitrogens with one attached hydrogen (secondary N) is 2. The van der Waals surface area contributed by atoms with E-state index in [2.05, 4.69) is 17.6 Å². The molecule has 0 aliphatic carbocycles. The third-order valence-electron chi connectivity index (χ3n) is 3.40. The quantitative estimate of drug-likeness (QED) is 0.754. The van der Waals surface area contributed by atoms with Crippen LogP contribution in [-0.2, 0) is 0 Å². The predicted octanol–water partition coefficient (Wildman–Crippen LogP) is 3.53. The Kier molecular flexibility index (Phi) is 4.62. The fourth-order valence-corrected chi connectivity index (χ4v) is 2.36. The number of amides is 1. The van der Waals surface area contributed by atoms with Crippen LogP contribution in [0.2, 0.25) is 0 Å². The minimum atomic E-state index is 0.0444. The van der Waals surface area contributed by atoms with E-state index in [4.69, 9.17) is 0 Å². The van der Waals surface area contributed by atoms with Crippen molar-refractivity contribution in [2.45, 2.75) is 51.6 Å². The molecule has 18 heavy (non-hydrogen) atoms. The Labute approximate surface area is 109 Å². The Morgan fingerprint density at radius 2 is 1.83 bits per heavy atom. The van der Waals surface area contributed by atoms with Gasteiger partial charge in [-0.15, -0.1) is 0 Å². The zero-order valence-corrected chi connectivity index (χ0v) is 11.0. The Morgan fingerprint density at radius 3 is 2.67 bits per heavy atom. The van der Waals surface area contributed by atoms with Crippen molar-refractivity contribution in [3.05, 3.63) is 29.8 Å². The van der Waals surface area contributed by atoms with Gasteiger partial charge in [0.1, 0.15) is 0 Å². The Hall–Kier alpha value is -1.51. The van der Waals surface area contributed by atoms with Crippen LogP contribution in [0, 0.1) is 0 Å². The van der Waals surface area contributed by atoms with Crippen molar-refractivity contribution in [1.29, 1.82) is 0 Å². The van der Waals surface area contributed by atoms with Gasteiger partial charge in [0.15, 0.2) is 0 Å². The van der Waals surface area contributed by atoms with E-state index in [9.17, 15) is 4.79 Å². The van der Waals surface area contributed by atoms with Crippen molar-refractivity contribution in [2.24, 2.45) is 0 Å². The smallest absolute Gasteiger partial charge is 0.254 e. The maximum absolute atomic E-state index is 11.9. The summed E-state index contributed by atoms with van der Waals surface area (Å²) in [5, 5.41) is 6.40. The molecule has 2 rings (SSSR count). The molecular formula is C15H22N2O. The second-order valence-corrected chi connectivity index (χ2v) is 4.92. The first-order valence-corrected chi connectivity index (χ1v) is 6.97. The van der Waals surface area contributed by atoms with Gasteiger partial charge in [0.05, 0.1) is 11.7 Å². The van der Waals surface area contributed by atoms with Crippen molar-refractivity contribution in [3.8, 4) is 0 Å². The van der Waals surface area contributed by atoms with Crippen LogP contribution in [0.1, 0.15) is 55.8 Å². The largest absolute Gasteiger partial charge is 0.365 e. The maximum Gasteiger partial charge on any atom is 0.254 e. The van der Waals surface area contributed by atoms with E-state index >= 15 is 0 Å². The summed E-state index contributed by atoms with van der Waals surface area (Å²) in [4.78, 5) is 11.9. The lowest BCUT2D eigenvalue weighted by Gasteiger charge is -2.27. The van der Waals surface area contributed by atoms with Crippen molar-refractivity contribution in [2.75, 3.05) is 5.32 Å². The molecule has 1 unspecified atom stereocenters. The first kappa shape index (κ1) is 12.9. The number of para-hydroxylation sites is 1. The van der Waals surface area contributed by atoms with E-state index in [-0.39, 0.29) is 12.1 Å². The number of carbonyl (C=O) groups excluding carboxylic acids is 1. The number of carbonyl (C=O) groups is 1. The first-order valence-electron chi connectivity index (χ1n) is 6.97. The summed E-state index contributed by atoms with van der Waals surface area (Å²) >= 11 is 0. The molecule has 1 aromatic rings. The fourth-order valence-electron chi connectivity index (χ4n) is 2.36. The second kappa shape index (κ2) is 6.43. The lowest BCUT2D eigenvalue weighted by molar-refractivity contribution is 0.0933. The highest BCUT2D eigenvalue weighted by molar-refractivity contribution is 6.01. The number of fused-ring (bicyclic) bond motifs is 1. The summed E-state index contributed by atoms with van der Waals surface area (Å²) < 4.78 is 0. The van der Waals surface area contributed by atoms with Crippen LogP contribution in [0.3, 0.4) is 0 Å². The van der Waals surface area contributed by atoms with Gasteiger partial charge in [-0.2, -0.15) is 0 Å². The van der Waals surface area contributed by atoms with Gasteiger partial charge in [-0.1, -0.05) is 44.7 Å². The van der Waals surface area contributed by atoms with E-state index in [0.717, 1.165) is 17.7 Å². The number of benzene rings is 1. The standard InChI is InChI=1S/C15H22N2O/c1-2-3-4-5-6-11-14-16-13-10-8-7-9-12(13)15(18)17-14/h7-10,14,16H,2-6,11H2,1H3,(H,17,18). The molecule has 1 aliphatic rings. The minimum Gasteiger partial charge on any atom is -0.365 e. The molecule has 1 amide bonds. The lowest BCUT2D eigenvalue weighted by atomic mass is 10.1. The minimum absolute atomic E-state index is 0.0444. The van der Waals surface area contributed by atoms with Gasteiger partial charge in [0.2, 0.25) is 0 Å². The van der Waals surface area contributed by atoms with Gasteiger partial charge in [-0.05, 0) is 25.0 Å². The number of rotatable bonds is 6. The molecule has 3 heteroatoms. The molecule has 0 spiro atoms. The third kappa shape index (κ3) is 3.25. The predicted molar refractivity (Wildman–Crippen MR) is 74.7 cm³/mol. The third-order valence-corrected chi connectivity index (χ3v) is 3.40. The number of anilines is 1. The molecule has 0 radical (unpaired) electrons. The van der Waals surface area contributed by atoms with Gasteiger partial charge < -0.3 is 10.6 Å². The Balaban J connectivity index is 1.82. The molecule has 1 aliphatic heterocycles. The lowest BCUT2D eigenvalue weighted by Crippen LogP contribution is -2.44. The van der Waals surface area contributed by atoms with Crippen LogP contribution in [0.25, 0.3) is 0 Å². The van der Waals surface area contributed by atoms with E-state index < -0.39 is 0 Å². The molecule has 2 N–H and O–H groups in total. The van der Waals surface area contributed by atoms with Crippen molar-refractivity contribution in [3.63, 3.8) is 0 Å². The van der Waals surface area contributed by atoms with Gasteiger partial charge >= 0.3 is 0 Å². The van der Waals surface area contributed by atoms with Crippen molar-refractivity contribution in [1.82, 2.24) is 5.32 Å². The van der Waals surface area contributed by atoms with Crippen LogP contribution in [0.4, 0.5) is 5.69 Å². The van der Waals surface area contributed by atoms with Crippen LogP contribution in [0.15, 0.2) is 24.3 Å². The van der Waals surface area contributed by atoms with Crippen LogP contribution in [0.5, 0.6) is 0 Å². The highest BCUT2D eigenvalue weighted by Gasteiger charge is 2.21. The average Bonchev–Trinajstić information content (AvgIpc) is 2.39. The topological polar surface area (TPSA) is 41.1 Å².